The summed E-state index contributed by atoms with van der Waals surface area (Å²) >= 11 is 0. The van der Waals surface area contributed by atoms with Crippen molar-refractivity contribution < 1.29 is 23.8 Å². The summed E-state index contributed by atoms with van der Waals surface area (Å²) in [6.07, 6.45) is -0.720. The highest BCUT2D eigenvalue weighted by Gasteiger charge is 2.16. The molecule has 6 heteroatoms. The van der Waals surface area contributed by atoms with Crippen molar-refractivity contribution in [2.24, 2.45) is 0 Å². The Morgan fingerprint density at radius 2 is 1.84 bits per heavy atom. The lowest BCUT2D eigenvalue weighted by atomic mass is 10.2. The highest BCUT2D eigenvalue weighted by Crippen LogP contribution is 2.18. The van der Waals surface area contributed by atoms with E-state index in [2.05, 4.69) is 10.1 Å². The maximum absolute atomic E-state index is 12.2. The van der Waals surface area contributed by atoms with Gasteiger partial charge in [-0.1, -0.05) is 24.3 Å². The number of nitrogens with one attached hydrogen (secondary N) is 1. The smallest absolute Gasteiger partial charge is 0.337 e. The lowest BCUT2D eigenvalue weighted by molar-refractivity contribution is -0.127. The molecule has 0 heterocycles. The number of methoxy groups -OCH3 is 2. The number of carbonyl (C=O) groups is 2. The van der Waals surface area contributed by atoms with Crippen LogP contribution < -0.4 is 14.8 Å². The highest BCUT2D eigenvalue weighted by atomic mass is 16.5. The van der Waals surface area contributed by atoms with E-state index in [1.54, 1.807) is 32.2 Å². The summed E-state index contributed by atoms with van der Waals surface area (Å²) < 4.78 is 15.5. The number of ether oxygens (including phenoxy) is 3. The Hall–Kier alpha value is -3.02. The molecule has 132 valence electrons. The molecular weight excluding hydrogens is 322 g/mol. The molecule has 2 aromatic carbocycles. The number of para-hydroxylation sites is 1. The topological polar surface area (TPSA) is 73.9 Å². The van der Waals surface area contributed by atoms with E-state index in [4.69, 9.17) is 9.47 Å². The molecular formula is C19H21NO5. The average Bonchev–Trinajstić information content (AvgIpc) is 2.65. The Balaban J connectivity index is 1.95. The monoisotopic (exact) mass is 343 g/mol. The first-order chi connectivity index (χ1) is 12.0. The molecule has 1 amide bonds. The Morgan fingerprint density at radius 1 is 1.08 bits per heavy atom. The van der Waals surface area contributed by atoms with Crippen molar-refractivity contribution >= 4 is 11.9 Å². The quantitative estimate of drug-likeness (QED) is 0.782. The molecule has 0 aliphatic heterocycles. The van der Waals surface area contributed by atoms with Crippen LogP contribution in [-0.4, -0.2) is 32.2 Å². The van der Waals surface area contributed by atoms with Crippen molar-refractivity contribution in [1.82, 2.24) is 5.32 Å². The van der Waals surface area contributed by atoms with E-state index in [1.807, 2.05) is 24.3 Å². The molecule has 0 saturated heterocycles. The minimum atomic E-state index is -0.720. The van der Waals surface area contributed by atoms with Gasteiger partial charge in [-0.05, 0) is 31.2 Å². The van der Waals surface area contributed by atoms with Gasteiger partial charge in [0.1, 0.15) is 11.5 Å². The molecule has 2 rings (SSSR count). The van der Waals surface area contributed by atoms with Crippen LogP contribution in [0.5, 0.6) is 11.5 Å². The Labute approximate surface area is 146 Å². The molecule has 0 bridgehead atoms. The maximum atomic E-state index is 12.2. The number of amides is 1. The van der Waals surface area contributed by atoms with Gasteiger partial charge >= 0.3 is 5.97 Å². The average molecular weight is 343 g/mol. The number of carbonyl (C=O) groups excluding carboxylic acids is 2. The number of benzene rings is 2. The fourth-order valence-corrected chi connectivity index (χ4v) is 2.25. The molecule has 0 radical (unpaired) electrons. The fraction of sp³-hybridized carbons (Fsp3) is 0.263. The number of rotatable bonds is 7. The number of hydrogen-bond donors (Lipinski definition) is 1. The molecule has 1 atom stereocenters. The van der Waals surface area contributed by atoms with E-state index in [-0.39, 0.29) is 5.91 Å². The second-order valence-corrected chi connectivity index (χ2v) is 5.31. The molecule has 2 aromatic rings. The molecule has 0 unspecified atom stereocenters. The van der Waals surface area contributed by atoms with Gasteiger partial charge in [-0.3, -0.25) is 4.79 Å². The van der Waals surface area contributed by atoms with Crippen molar-refractivity contribution in [2.75, 3.05) is 14.2 Å². The third-order valence-corrected chi connectivity index (χ3v) is 3.58. The van der Waals surface area contributed by atoms with Crippen LogP contribution in [0.15, 0.2) is 48.5 Å². The first-order valence-corrected chi connectivity index (χ1v) is 7.79. The zero-order valence-corrected chi connectivity index (χ0v) is 14.4. The van der Waals surface area contributed by atoms with Crippen LogP contribution in [0.4, 0.5) is 0 Å². The van der Waals surface area contributed by atoms with Crippen LogP contribution in [0.3, 0.4) is 0 Å². The van der Waals surface area contributed by atoms with Crippen LogP contribution in [0.1, 0.15) is 22.8 Å². The lowest BCUT2D eigenvalue weighted by Crippen LogP contribution is -2.36. The Bertz CT molecular complexity index is 744. The molecule has 0 saturated carbocycles. The summed E-state index contributed by atoms with van der Waals surface area (Å²) in [5, 5.41) is 2.81. The van der Waals surface area contributed by atoms with E-state index in [0.717, 1.165) is 5.56 Å². The van der Waals surface area contributed by atoms with Crippen molar-refractivity contribution in [3.05, 3.63) is 59.7 Å². The van der Waals surface area contributed by atoms with E-state index >= 15 is 0 Å². The van der Waals surface area contributed by atoms with Crippen LogP contribution in [0, 0.1) is 0 Å². The molecule has 6 nitrogen and oxygen atoms in total. The largest absolute Gasteiger partial charge is 0.496 e. The zero-order valence-electron chi connectivity index (χ0n) is 14.4. The summed E-state index contributed by atoms with van der Waals surface area (Å²) in [5.41, 5.74) is 1.24. The second-order valence-electron chi connectivity index (χ2n) is 5.31. The Morgan fingerprint density at radius 3 is 2.56 bits per heavy atom. The van der Waals surface area contributed by atoms with E-state index in [0.29, 0.717) is 23.6 Å². The zero-order chi connectivity index (χ0) is 18.2. The van der Waals surface area contributed by atoms with Gasteiger partial charge in [-0.2, -0.15) is 0 Å². The molecule has 0 aliphatic carbocycles. The normalized spacial score (nSPS) is 11.3. The molecule has 0 spiro atoms. The van der Waals surface area contributed by atoms with Gasteiger partial charge in [0.2, 0.25) is 0 Å². The molecule has 0 aliphatic rings. The van der Waals surface area contributed by atoms with Crippen LogP contribution in [0.25, 0.3) is 0 Å². The lowest BCUT2D eigenvalue weighted by Gasteiger charge is -2.16. The summed E-state index contributed by atoms with van der Waals surface area (Å²) in [7, 11) is 2.89. The summed E-state index contributed by atoms with van der Waals surface area (Å²) in [4.78, 5) is 23.8. The van der Waals surface area contributed by atoms with Gasteiger partial charge in [0.15, 0.2) is 6.10 Å². The maximum Gasteiger partial charge on any atom is 0.337 e. The van der Waals surface area contributed by atoms with Gasteiger partial charge in [0.05, 0.1) is 19.8 Å². The first kappa shape index (κ1) is 18.3. The van der Waals surface area contributed by atoms with Crippen molar-refractivity contribution in [2.45, 2.75) is 19.6 Å². The van der Waals surface area contributed by atoms with Gasteiger partial charge in [0, 0.05) is 12.1 Å². The van der Waals surface area contributed by atoms with E-state index in [9.17, 15) is 9.59 Å². The van der Waals surface area contributed by atoms with Crippen LogP contribution in [-0.2, 0) is 16.1 Å². The fourth-order valence-electron chi connectivity index (χ4n) is 2.25. The number of hydrogen-bond acceptors (Lipinski definition) is 5. The molecule has 1 N–H and O–H groups in total. The summed E-state index contributed by atoms with van der Waals surface area (Å²) in [6.45, 7) is 1.97. The van der Waals surface area contributed by atoms with Gasteiger partial charge in [-0.25, -0.2) is 4.79 Å². The van der Waals surface area contributed by atoms with Gasteiger partial charge < -0.3 is 19.5 Å². The predicted molar refractivity (Wildman–Crippen MR) is 92.7 cm³/mol. The second kappa shape index (κ2) is 8.73. The number of esters is 1. The van der Waals surface area contributed by atoms with E-state index < -0.39 is 12.1 Å². The minimum absolute atomic E-state index is 0.269. The Kier molecular flexibility index (Phi) is 6.39. The summed E-state index contributed by atoms with van der Waals surface area (Å²) in [5.74, 6) is 0.401. The highest BCUT2D eigenvalue weighted by molar-refractivity contribution is 5.89. The molecule has 0 fully saturated rings. The third kappa shape index (κ3) is 4.97. The standard InChI is InChI=1S/C19H21NO5/c1-13(25-16-9-6-8-14(11-16)19(22)24-3)18(21)20-12-15-7-4-5-10-17(15)23-2/h4-11,13H,12H2,1-3H3,(H,20,21)/t13-/m1/s1. The SMILES string of the molecule is COC(=O)c1cccc(O[C@H](C)C(=O)NCc2ccccc2OC)c1. The van der Waals surface area contributed by atoms with E-state index in [1.165, 1.54) is 13.2 Å². The van der Waals surface area contributed by atoms with Crippen molar-refractivity contribution in [3.63, 3.8) is 0 Å². The van der Waals surface area contributed by atoms with Crippen LogP contribution >= 0.6 is 0 Å². The van der Waals surface area contributed by atoms with Crippen LogP contribution in [0.2, 0.25) is 0 Å². The predicted octanol–water partition coefficient (Wildman–Crippen LogP) is 2.57. The van der Waals surface area contributed by atoms with Crippen molar-refractivity contribution in [1.29, 1.82) is 0 Å². The minimum Gasteiger partial charge on any atom is -0.496 e. The first-order valence-electron chi connectivity index (χ1n) is 7.79. The van der Waals surface area contributed by atoms with Gasteiger partial charge in [0.25, 0.3) is 5.91 Å². The molecule has 25 heavy (non-hydrogen) atoms. The van der Waals surface area contributed by atoms with Crippen molar-refractivity contribution in [3.8, 4) is 11.5 Å². The summed E-state index contributed by atoms with van der Waals surface area (Å²) in [6, 6.07) is 14.0. The molecule has 0 aromatic heterocycles. The van der Waals surface area contributed by atoms with Gasteiger partial charge in [-0.15, -0.1) is 0 Å². The third-order valence-electron chi connectivity index (χ3n) is 3.58.